The van der Waals surface area contributed by atoms with Crippen molar-refractivity contribution in [3.05, 3.63) is 38.6 Å². The number of nitrogens with one attached hydrogen (secondary N) is 1. The summed E-state index contributed by atoms with van der Waals surface area (Å²) in [7, 11) is 0. The maximum atomic E-state index is 11.7. The van der Waals surface area contributed by atoms with E-state index in [1.165, 1.54) is 11.8 Å². The van der Waals surface area contributed by atoms with Crippen LogP contribution in [0, 0.1) is 0 Å². The summed E-state index contributed by atoms with van der Waals surface area (Å²) in [6.45, 7) is 6.14. The van der Waals surface area contributed by atoms with E-state index in [1.807, 2.05) is 19.9 Å². The summed E-state index contributed by atoms with van der Waals surface area (Å²) in [5.41, 5.74) is 0.675. The van der Waals surface area contributed by atoms with Crippen LogP contribution in [-0.4, -0.2) is 19.9 Å². The number of hydrogen-bond donors (Lipinski definition) is 1. The highest BCUT2D eigenvalue weighted by Gasteiger charge is 2.10. The molecule has 0 spiro atoms. The second-order valence-corrected chi connectivity index (χ2v) is 6.76. The summed E-state index contributed by atoms with van der Waals surface area (Å²) in [5.74, 6) is 0.999. The number of aryl methyl sites for hydroxylation is 1. The first-order valence-electron chi connectivity index (χ1n) is 6.80. The molecule has 0 aliphatic carbocycles. The van der Waals surface area contributed by atoms with E-state index < -0.39 is 0 Å². The third kappa shape index (κ3) is 4.64. The van der Waals surface area contributed by atoms with Crippen molar-refractivity contribution in [2.75, 3.05) is 0 Å². The topological polar surface area (TPSA) is 71.5 Å². The molecule has 0 aliphatic heterocycles. The van der Waals surface area contributed by atoms with Crippen molar-refractivity contribution >= 4 is 27.7 Å². The van der Waals surface area contributed by atoms with Gasteiger partial charge in [0.15, 0.2) is 5.16 Å². The molecule has 2 aromatic heterocycles. The minimum absolute atomic E-state index is 0.131. The fraction of sp³-hybridized carbons (Fsp3) is 0.429. The molecule has 2 heterocycles. The lowest BCUT2D eigenvalue weighted by atomic mass is 10.2. The third-order valence-corrected chi connectivity index (χ3v) is 3.90. The normalized spacial score (nSPS) is 11.1. The van der Waals surface area contributed by atoms with E-state index in [9.17, 15) is 4.79 Å². The van der Waals surface area contributed by atoms with E-state index in [2.05, 4.69) is 42.8 Å². The van der Waals surface area contributed by atoms with Crippen molar-refractivity contribution in [2.24, 2.45) is 0 Å². The maximum absolute atomic E-state index is 11.7. The van der Waals surface area contributed by atoms with Gasteiger partial charge in [0, 0.05) is 23.7 Å². The summed E-state index contributed by atoms with van der Waals surface area (Å²) in [6, 6.07) is 3.37. The third-order valence-electron chi connectivity index (χ3n) is 2.69. The van der Waals surface area contributed by atoms with Crippen molar-refractivity contribution in [3.8, 4) is 0 Å². The van der Waals surface area contributed by atoms with Crippen molar-refractivity contribution in [1.29, 1.82) is 0 Å². The lowest BCUT2D eigenvalue weighted by Crippen LogP contribution is -2.10. The van der Waals surface area contributed by atoms with Gasteiger partial charge in [-0.2, -0.15) is 0 Å². The molecule has 7 heteroatoms. The van der Waals surface area contributed by atoms with Crippen molar-refractivity contribution in [1.82, 2.24) is 19.9 Å². The Morgan fingerprint density at radius 3 is 2.71 bits per heavy atom. The fourth-order valence-electron chi connectivity index (χ4n) is 1.74. The average molecular weight is 369 g/mol. The Bertz CT molecular complexity index is 687. The lowest BCUT2D eigenvalue weighted by molar-refractivity contribution is 0.746. The second-order valence-electron chi connectivity index (χ2n) is 4.94. The number of rotatable bonds is 5. The van der Waals surface area contributed by atoms with Crippen LogP contribution < -0.4 is 5.56 Å². The summed E-state index contributed by atoms with van der Waals surface area (Å²) in [4.78, 5) is 27.7. The maximum Gasteiger partial charge on any atom is 0.251 e. The van der Waals surface area contributed by atoms with Gasteiger partial charge in [-0.1, -0.05) is 27.2 Å². The molecule has 0 bridgehead atoms. The first-order chi connectivity index (χ1) is 9.97. The molecule has 0 aliphatic rings. The highest BCUT2D eigenvalue weighted by molar-refractivity contribution is 9.10. The van der Waals surface area contributed by atoms with Gasteiger partial charge in [0.1, 0.15) is 15.5 Å². The van der Waals surface area contributed by atoms with Crippen molar-refractivity contribution in [2.45, 2.75) is 49.7 Å². The molecule has 2 aromatic rings. The zero-order valence-electron chi connectivity index (χ0n) is 12.2. The molecular weight excluding hydrogens is 352 g/mol. The van der Waals surface area contributed by atoms with E-state index in [0.29, 0.717) is 5.16 Å². The molecule has 112 valence electrons. The van der Waals surface area contributed by atoms with Gasteiger partial charge in [-0.25, -0.2) is 15.0 Å². The van der Waals surface area contributed by atoms with E-state index in [0.717, 1.165) is 34.0 Å². The molecule has 2 rings (SSSR count). The summed E-state index contributed by atoms with van der Waals surface area (Å²) in [6.07, 6.45) is 1.75. The molecule has 0 saturated heterocycles. The zero-order valence-corrected chi connectivity index (χ0v) is 14.6. The van der Waals surface area contributed by atoms with E-state index in [1.54, 1.807) is 6.07 Å². The molecule has 5 nitrogen and oxygen atoms in total. The summed E-state index contributed by atoms with van der Waals surface area (Å²) in [5, 5.41) is 1.32. The van der Waals surface area contributed by atoms with Gasteiger partial charge in [-0.3, -0.25) is 4.79 Å². The van der Waals surface area contributed by atoms with E-state index in [4.69, 9.17) is 0 Å². The van der Waals surface area contributed by atoms with E-state index in [-0.39, 0.29) is 11.5 Å². The zero-order chi connectivity index (χ0) is 15.4. The number of halogens is 1. The molecule has 1 N–H and O–H groups in total. The summed E-state index contributed by atoms with van der Waals surface area (Å²) < 4.78 is 0.732. The lowest BCUT2D eigenvalue weighted by Gasteiger charge is -2.07. The van der Waals surface area contributed by atoms with Crippen LogP contribution in [0.2, 0.25) is 0 Å². The number of hydrogen-bond acceptors (Lipinski definition) is 5. The van der Waals surface area contributed by atoms with Crippen LogP contribution in [-0.2, 0) is 6.42 Å². The fourth-order valence-corrected chi connectivity index (χ4v) is 3.11. The highest BCUT2D eigenvalue weighted by atomic mass is 79.9. The van der Waals surface area contributed by atoms with Gasteiger partial charge in [-0.15, -0.1) is 0 Å². The van der Waals surface area contributed by atoms with Gasteiger partial charge in [0.2, 0.25) is 0 Å². The van der Waals surface area contributed by atoms with Crippen LogP contribution in [0.3, 0.4) is 0 Å². The van der Waals surface area contributed by atoms with Gasteiger partial charge in [0.05, 0.1) is 0 Å². The molecule has 0 atom stereocenters. The van der Waals surface area contributed by atoms with Crippen LogP contribution in [0.4, 0.5) is 0 Å². The molecule has 0 amide bonds. The van der Waals surface area contributed by atoms with Crippen molar-refractivity contribution in [3.63, 3.8) is 0 Å². The number of aromatic amines is 1. The Morgan fingerprint density at radius 2 is 2.05 bits per heavy atom. The Morgan fingerprint density at radius 1 is 1.29 bits per heavy atom. The Balaban J connectivity index is 2.31. The number of nitrogens with zero attached hydrogens (tertiary/aromatic N) is 3. The molecule has 0 aromatic carbocycles. The van der Waals surface area contributed by atoms with Crippen LogP contribution in [0.1, 0.15) is 44.6 Å². The largest absolute Gasteiger partial charge is 0.301 e. The Kier molecular flexibility index (Phi) is 5.52. The highest BCUT2D eigenvalue weighted by Crippen LogP contribution is 2.26. The molecule has 0 unspecified atom stereocenters. The molecule has 0 fully saturated rings. The second kappa shape index (κ2) is 7.17. The van der Waals surface area contributed by atoms with Gasteiger partial charge in [0.25, 0.3) is 5.56 Å². The molecular formula is C14H17BrN4OS. The van der Waals surface area contributed by atoms with Gasteiger partial charge >= 0.3 is 0 Å². The first-order valence-corrected chi connectivity index (χ1v) is 8.41. The predicted molar refractivity (Wildman–Crippen MR) is 86.8 cm³/mol. The van der Waals surface area contributed by atoms with Gasteiger partial charge < -0.3 is 4.98 Å². The molecule has 0 saturated carbocycles. The smallest absolute Gasteiger partial charge is 0.251 e. The summed E-state index contributed by atoms with van der Waals surface area (Å²) >= 11 is 4.73. The standard InChI is InChI=1S/C14H17BrN4OS/c1-4-5-9-6-11(20)18-14(16-9)21-12-7-10(15)17-13(19-12)8(2)3/h6-8H,4-5H2,1-3H3,(H,16,18,20). The average Bonchev–Trinajstić information content (AvgIpc) is 2.37. The molecule has 0 radical (unpaired) electrons. The Hall–Kier alpha value is -1.21. The minimum Gasteiger partial charge on any atom is -0.301 e. The number of H-pyrrole nitrogens is 1. The number of aromatic nitrogens is 4. The van der Waals surface area contributed by atoms with Crippen LogP contribution in [0.25, 0.3) is 0 Å². The SMILES string of the molecule is CCCc1cc(=O)[nH]c(Sc2cc(Br)nc(C(C)C)n2)n1. The molecule has 21 heavy (non-hydrogen) atoms. The van der Waals surface area contributed by atoms with Crippen LogP contribution in [0.5, 0.6) is 0 Å². The van der Waals surface area contributed by atoms with E-state index >= 15 is 0 Å². The van der Waals surface area contributed by atoms with Crippen molar-refractivity contribution < 1.29 is 0 Å². The predicted octanol–water partition coefficient (Wildman–Crippen LogP) is 3.55. The Labute approximate surface area is 136 Å². The first kappa shape index (κ1) is 16.2. The van der Waals surface area contributed by atoms with Crippen LogP contribution >= 0.6 is 27.7 Å². The quantitative estimate of drug-likeness (QED) is 0.645. The minimum atomic E-state index is -0.131. The van der Waals surface area contributed by atoms with Crippen LogP contribution in [0.15, 0.2) is 31.7 Å². The monoisotopic (exact) mass is 368 g/mol. The van der Waals surface area contributed by atoms with Gasteiger partial charge in [-0.05, 0) is 34.1 Å².